The molecule has 1 heterocycles. The van der Waals surface area contributed by atoms with E-state index in [1.54, 1.807) is 0 Å². The smallest absolute Gasteiger partial charge is 0.0547 e. The topological polar surface area (TPSA) is 8.17 Å². The molecule has 0 amide bonds. The fraction of sp³-hybridized carbons (Fsp3) is 0.0588. The highest BCUT2D eigenvalue weighted by atomic mass is 15.1. The minimum Gasteiger partial charge on any atom is -0.310 e. The summed E-state index contributed by atoms with van der Waals surface area (Å²) in [6.07, 6.45) is 8.11. The van der Waals surface area contributed by atoms with Crippen molar-refractivity contribution >= 4 is 66.1 Å². The van der Waals surface area contributed by atoms with Crippen molar-refractivity contribution in [3.05, 3.63) is 194 Å². The van der Waals surface area contributed by atoms with Gasteiger partial charge >= 0.3 is 0 Å². The molecule has 9 aromatic rings. The molecule has 0 spiro atoms. The van der Waals surface area contributed by atoms with Crippen LogP contribution >= 0.6 is 0 Å². The van der Waals surface area contributed by atoms with Crippen molar-refractivity contribution in [1.82, 2.24) is 4.57 Å². The molecular formula is C51H38N2. The Morgan fingerprint density at radius 2 is 1.17 bits per heavy atom. The van der Waals surface area contributed by atoms with Gasteiger partial charge in [-0.15, -0.1) is 0 Å². The minimum atomic E-state index is 0.489. The fourth-order valence-corrected chi connectivity index (χ4v) is 8.33. The second kappa shape index (κ2) is 12.8. The predicted molar refractivity (Wildman–Crippen MR) is 227 cm³/mol. The van der Waals surface area contributed by atoms with Gasteiger partial charge < -0.3 is 9.47 Å². The Morgan fingerprint density at radius 1 is 0.509 bits per heavy atom. The van der Waals surface area contributed by atoms with Gasteiger partial charge in [0.2, 0.25) is 0 Å². The number of aromatic nitrogens is 1. The lowest BCUT2D eigenvalue weighted by Gasteiger charge is -2.28. The molecule has 0 radical (unpaired) electrons. The zero-order chi connectivity index (χ0) is 35.3. The number of anilines is 3. The van der Waals surface area contributed by atoms with Crippen LogP contribution < -0.4 is 4.90 Å². The van der Waals surface area contributed by atoms with Gasteiger partial charge in [-0.2, -0.15) is 0 Å². The second-order valence-corrected chi connectivity index (χ2v) is 14.3. The summed E-state index contributed by atoms with van der Waals surface area (Å²) in [6.45, 7) is 2.31. The first kappa shape index (κ1) is 31.1. The number of allylic oxidation sites excluding steroid dienone is 4. The average Bonchev–Trinajstić information content (AvgIpc) is 3.54. The zero-order valence-corrected chi connectivity index (χ0v) is 29.7. The molecule has 0 aliphatic heterocycles. The first-order valence-corrected chi connectivity index (χ1v) is 18.6. The summed E-state index contributed by atoms with van der Waals surface area (Å²) in [5.41, 5.74) is 11.9. The molecule has 252 valence electrons. The van der Waals surface area contributed by atoms with Gasteiger partial charge in [0.1, 0.15) is 0 Å². The molecule has 2 heteroatoms. The number of fused-ring (bicyclic) bond motifs is 5. The van der Waals surface area contributed by atoms with Crippen LogP contribution in [-0.2, 0) is 0 Å². The van der Waals surface area contributed by atoms with Crippen molar-refractivity contribution in [3.63, 3.8) is 0 Å². The minimum absolute atomic E-state index is 0.489. The first-order valence-electron chi connectivity index (χ1n) is 18.6. The Bertz CT molecular complexity index is 2890. The van der Waals surface area contributed by atoms with Crippen molar-refractivity contribution in [1.29, 1.82) is 0 Å². The van der Waals surface area contributed by atoms with Crippen molar-refractivity contribution in [2.45, 2.75) is 13.3 Å². The highest BCUT2D eigenvalue weighted by Crippen LogP contribution is 2.45. The Labute approximate surface area is 310 Å². The van der Waals surface area contributed by atoms with Gasteiger partial charge in [0, 0.05) is 33.4 Å². The van der Waals surface area contributed by atoms with E-state index in [4.69, 9.17) is 0 Å². The summed E-state index contributed by atoms with van der Waals surface area (Å²) in [4.78, 5) is 2.42. The number of nitrogens with zero attached hydrogens (tertiary/aromatic N) is 2. The number of para-hydroxylation sites is 1. The van der Waals surface area contributed by atoms with E-state index >= 15 is 0 Å². The Hall–Kier alpha value is -6.64. The van der Waals surface area contributed by atoms with E-state index in [9.17, 15) is 0 Å². The van der Waals surface area contributed by atoms with Crippen LogP contribution in [0.1, 0.15) is 13.3 Å². The lowest BCUT2D eigenvalue weighted by molar-refractivity contribution is 0.735. The maximum Gasteiger partial charge on any atom is 0.0547 e. The van der Waals surface area contributed by atoms with E-state index in [-0.39, 0.29) is 0 Å². The van der Waals surface area contributed by atoms with Gasteiger partial charge in [-0.1, -0.05) is 146 Å². The van der Waals surface area contributed by atoms with E-state index in [2.05, 4.69) is 211 Å². The molecular weight excluding hydrogens is 641 g/mol. The van der Waals surface area contributed by atoms with Crippen LogP contribution in [0.15, 0.2) is 194 Å². The van der Waals surface area contributed by atoms with Crippen LogP contribution in [0.25, 0.3) is 71.3 Å². The fourth-order valence-electron chi connectivity index (χ4n) is 8.33. The van der Waals surface area contributed by atoms with Gasteiger partial charge in [-0.25, -0.2) is 0 Å². The quantitative estimate of drug-likeness (QED) is 0.170. The number of rotatable bonds is 6. The average molecular weight is 679 g/mol. The third-order valence-corrected chi connectivity index (χ3v) is 10.8. The summed E-state index contributed by atoms with van der Waals surface area (Å²) in [5.74, 6) is 0.489. The molecule has 10 rings (SSSR count). The summed E-state index contributed by atoms with van der Waals surface area (Å²) in [6, 6.07) is 64.3. The van der Waals surface area contributed by atoms with Gasteiger partial charge in [0.15, 0.2) is 0 Å². The molecule has 2 nitrogen and oxygen atoms in total. The van der Waals surface area contributed by atoms with Crippen LogP contribution in [0.4, 0.5) is 17.1 Å². The summed E-state index contributed by atoms with van der Waals surface area (Å²) in [7, 11) is 0. The summed E-state index contributed by atoms with van der Waals surface area (Å²) >= 11 is 0. The largest absolute Gasteiger partial charge is 0.310 e. The SMILES string of the molecule is CC1C=C(n2c3cc4ccccc4cc3c3c(-c4cccc(N(c5ccc6ccccc6c5)c5ccccc5-c5ccccc5)c4)cccc32)C=CC1. The normalized spacial score (nSPS) is 14.3. The molecule has 1 aliphatic carbocycles. The van der Waals surface area contributed by atoms with Crippen molar-refractivity contribution in [3.8, 4) is 22.3 Å². The maximum atomic E-state index is 2.48. The van der Waals surface area contributed by atoms with Crippen LogP contribution in [0.2, 0.25) is 0 Å². The molecule has 0 bridgehead atoms. The van der Waals surface area contributed by atoms with Crippen molar-refractivity contribution < 1.29 is 0 Å². The van der Waals surface area contributed by atoms with E-state index in [0.717, 1.165) is 23.5 Å². The van der Waals surface area contributed by atoms with Crippen molar-refractivity contribution in [2.24, 2.45) is 5.92 Å². The number of hydrogen-bond acceptors (Lipinski definition) is 1. The molecule has 0 saturated heterocycles. The molecule has 0 N–H and O–H groups in total. The van der Waals surface area contributed by atoms with Crippen LogP contribution in [0.5, 0.6) is 0 Å². The highest BCUT2D eigenvalue weighted by Gasteiger charge is 2.21. The van der Waals surface area contributed by atoms with Gasteiger partial charge in [-0.3, -0.25) is 0 Å². The van der Waals surface area contributed by atoms with E-state index in [1.165, 1.54) is 71.3 Å². The Morgan fingerprint density at radius 3 is 2.00 bits per heavy atom. The predicted octanol–water partition coefficient (Wildman–Crippen LogP) is 14.3. The van der Waals surface area contributed by atoms with Gasteiger partial charge in [-0.05, 0) is 105 Å². The standard InChI is InChI=1S/C51H38N2/c1-35-14-11-22-42(30-35)53-49-27-13-25-46(51(49)47-33-39-19-7-8-20-40(39)34-50(47)53)41-21-12-23-43(32-41)52(44-29-28-36-15-5-6-18-38(36)31-44)48-26-10-9-24-45(48)37-16-3-2-4-17-37/h2-13,15-35H,14H2,1H3. The maximum absolute atomic E-state index is 2.48. The molecule has 1 aliphatic rings. The second-order valence-electron chi connectivity index (χ2n) is 14.3. The molecule has 53 heavy (non-hydrogen) atoms. The molecule has 1 atom stereocenters. The van der Waals surface area contributed by atoms with E-state index in [0.29, 0.717) is 5.92 Å². The monoisotopic (exact) mass is 678 g/mol. The third-order valence-electron chi connectivity index (χ3n) is 10.8. The van der Waals surface area contributed by atoms with Gasteiger partial charge in [0.05, 0.1) is 16.7 Å². The van der Waals surface area contributed by atoms with Gasteiger partial charge in [0.25, 0.3) is 0 Å². The van der Waals surface area contributed by atoms with E-state index in [1.807, 2.05) is 0 Å². The molecule has 1 unspecified atom stereocenters. The number of hydrogen-bond donors (Lipinski definition) is 0. The number of benzene rings is 8. The van der Waals surface area contributed by atoms with Crippen LogP contribution in [0.3, 0.4) is 0 Å². The zero-order valence-electron chi connectivity index (χ0n) is 29.7. The summed E-state index contributed by atoms with van der Waals surface area (Å²) in [5, 5.41) is 7.50. The Kier molecular flexibility index (Phi) is 7.54. The van der Waals surface area contributed by atoms with Crippen LogP contribution in [0, 0.1) is 5.92 Å². The molecule has 0 fully saturated rings. The first-order chi connectivity index (χ1) is 26.2. The Balaban J connectivity index is 1.22. The molecule has 0 saturated carbocycles. The van der Waals surface area contributed by atoms with Crippen LogP contribution in [-0.4, -0.2) is 4.57 Å². The highest BCUT2D eigenvalue weighted by molar-refractivity contribution is 6.19. The van der Waals surface area contributed by atoms with Crippen molar-refractivity contribution in [2.75, 3.05) is 4.90 Å². The third kappa shape index (κ3) is 5.43. The van der Waals surface area contributed by atoms with E-state index < -0.39 is 0 Å². The lowest BCUT2D eigenvalue weighted by atomic mass is 9.97. The molecule has 1 aromatic heterocycles. The molecule has 8 aromatic carbocycles. The summed E-state index contributed by atoms with van der Waals surface area (Å²) < 4.78 is 2.48. The lowest BCUT2D eigenvalue weighted by Crippen LogP contribution is -2.11.